The highest BCUT2D eigenvalue weighted by Gasteiger charge is 2.49. The van der Waals surface area contributed by atoms with Crippen LogP contribution in [0.5, 0.6) is 0 Å². The van der Waals surface area contributed by atoms with Crippen LogP contribution in [-0.4, -0.2) is 37.0 Å². The van der Waals surface area contributed by atoms with Crippen LogP contribution in [0.2, 0.25) is 5.02 Å². The number of rotatable bonds is 4. The Bertz CT molecular complexity index is 1020. The second kappa shape index (κ2) is 6.48. The molecule has 0 spiro atoms. The van der Waals surface area contributed by atoms with Crippen molar-refractivity contribution in [2.24, 2.45) is 0 Å². The first-order valence-electron chi connectivity index (χ1n) is 8.20. The molecule has 0 unspecified atom stereocenters. The summed E-state index contributed by atoms with van der Waals surface area (Å²) in [5.41, 5.74) is 0.925. The number of hydrogen-bond acceptors (Lipinski definition) is 5. The Morgan fingerprint density at radius 1 is 1.15 bits per heavy atom. The Hall–Kier alpha value is -3.26. The monoisotopic (exact) mass is 382 g/mol. The first-order chi connectivity index (χ1) is 13.0. The zero-order valence-corrected chi connectivity index (χ0v) is 15.1. The van der Waals surface area contributed by atoms with Crippen LogP contribution in [-0.2, 0) is 16.9 Å². The third kappa shape index (κ3) is 3.04. The number of tetrazole rings is 1. The summed E-state index contributed by atoms with van der Waals surface area (Å²) < 4.78 is 1.48. The van der Waals surface area contributed by atoms with Crippen LogP contribution in [0.3, 0.4) is 0 Å². The lowest BCUT2D eigenvalue weighted by atomic mass is 9.91. The van der Waals surface area contributed by atoms with Crippen LogP contribution < -0.4 is 5.32 Å². The quantitative estimate of drug-likeness (QED) is 0.699. The van der Waals surface area contributed by atoms with Crippen LogP contribution >= 0.6 is 11.6 Å². The molecule has 1 saturated heterocycles. The smallest absolute Gasteiger partial charge is 0.319 e. The number of hydrogen-bond donors (Lipinski definition) is 1. The molecule has 1 aliphatic rings. The summed E-state index contributed by atoms with van der Waals surface area (Å²) in [7, 11) is 0. The molecule has 0 saturated carbocycles. The molecule has 3 amide bonds. The summed E-state index contributed by atoms with van der Waals surface area (Å²) >= 11 is 6.00. The summed E-state index contributed by atoms with van der Waals surface area (Å²) in [5.74, 6) is -0.332. The normalized spacial score (nSPS) is 19.4. The SMILES string of the molecule is C[C@]1(c2cccc(-n3cnnn3)c2)NC(=O)N(Cc2cccc(Cl)c2)C1=O. The fourth-order valence-electron chi connectivity index (χ4n) is 3.09. The molecule has 9 heteroatoms. The van der Waals surface area contributed by atoms with Crippen LogP contribution in [0.25, 0.3) is 5.69 Å². The molecular weight excluding hydrogens is 368 g/mol. The fraction of sp³-hybridized carbons (Fsp3) is 0.167. The van der Waals surface area contributed by atoms with Crippen molar-refractivity contribution in [3.05, 3.63) is 71.0 Å². The Labute approximate surface area is 159 Å². The molecule has 1 atom stereocenters. The van der Waals surface area contributed by atoms with Gasteiger partial charge in [0.25, 0.3) is 5.91 Å². The topological polar surface area (TPSA) is 93.0 Å². The third-order valence-corrected chi connectivity index (χ3v) is 4.78. The first-order valence-corrected chi connectivity index (χ1v) is 8.57. The Balaban J connectivity index is 1.65. The van der Waals surface area contributed by atoms with E-state index >= 15 is 0 Å². The van der Waals surface area contributed by atoms with Crippen molar-refractivity contribution in [2.75, 3.05) is 0 Å². The van der Waals surface area contributed by atoms with Crippen LogP contribution in [0, 0.1) is 0 Å². The van der Waals surface area contributed by atoms with Crippen LogP contribution in [0.15, 0.2) is 54.9 Å². The van der Waals surface area contributed by atoms with Crippen LogP contribution in [0.1, 0.15) is 18.1 Å². The van der Waals surface area contributed by atoms with E-state index in [1.807, 2.05) is 12.1 Å². The van der Waals surface area contributed by atoms with Gasteiger partial charge in [0.1, 0.15) is 11.9 Å². The second-order valence-electron chi connectivity index (χ2n) is 6.38. The molecular formula is C18H15ClN6O2. The summed E-state index contributed by atoms with van der Waals surface area (Å²) in [4.78, 5) is 26.8. The average molecular weight is 383 g/mol. The van der Waals surface area contributed by atoms with E-state index in [1.165, 1.54) is 15.9 Å². The van der Waals surface area contributed by atoms with Gasteiger partial charge in [-0.1, -0.05) is 35.9 Å². The lowest BCUT2D eigenvalue weighted by Gasteiger charge is -2.23. The van der Waals surface area contributed by atoms with Crippen molar-refractivity contribution in [1.29, 1.82) is 0 Å². The number of urea groups is 1. The number of amides is 3. The van der Waals surface area contributed by atoms with E-state index in [-0.39, 0.29) is 12.5 Å². The molecule has 0 bridgehead atoms. The van der Waals surface area contributed by atoms with Crippen molar-refractivity contribution < 1.29 is 9.59 Å². The number of aromatic nitrogens is 4. The van der Waals surface area contributed by atoms with Crippen molar-refractivity contribution in [3.63, 3.8) is 0 Å². The predicted molar refractivity (Wildman–Crippen MR) is 97.0 cm³/mol. The van der Waals surface area contributed by atoms with E-state index in [9.17, 15) is 9.59 Å². The van der Waals surface area contributed by atoms with E-state index in [2.05, 4.69) is 20.8 Å². The Morgan fingerprint density at radius 3 is 2.70 bits per heavy atom. The van der Waals surface area contributed by atoms with E-state index in [1.54, 1.807) is 43.3 Å². The molecule has 1 fully saturated rings. The lowest BCUT2D eigenvalue weighted by Crippen LogP contribution is -2.40. The number of imide groups is 1. The Kier molecular flexibility index (Phi) is 4.12. The number of nitrogens with one attached hydrogen (secondary N) is 1. The minimum atomic E-state index is -1.18. The van der Waals surface area contributed by atoms with Gasteiger partial charge in [-0.25, -0.2) is 9.48 Å². The van der Waals surface area contributed by atoms with E-state index in [0.717, 1.165) is 5.56 Å². The number of benzene rings is 2. The highest BCUT2D eigenvalue weighted by atomic mass is 35.5. The summed E-state index contributed by atoms with van der Waals surface area (Å²) in [5, 5.41) is 14.4. The van der Waals surface area contributed by atoms with Crippen molar-refractivity contribution in [3.8, 4) is 5.69 Å². The van der Waals surface area contributed by atoms with E-state index in [4.69, 9.17) is 11.6 Å². The molecule has 27 heavy (non-hydrogen) atoms. The molecule has 2 aromatic carbocycles. The fourth-order valence-corrected chi connectivity index (χ4v) is 3.31. The predicted octanol–water partition coefficient (Wildman–Crippen LogP) is 2.28. The van der Waals surface area contributed by atoms with Crippen molar-refractivity contribution >= 4 is 23.5 Å². The molecule has 0 aliphatic carbocycles. The molecule has 8 nitrogen and oxygen atoms in total. The van der Waals surface area contributed by atoms with Gasteiger partial charge in [0.05, 0.1) is 12.2 Å². The maximum Gasteiger partial charge on any atom is 0.325 e. The van der Waals surface area contributed by atoms with Gasteiger partial charge in [-0.2, -0.15) is 0 Å². The molecule has 136 valence electrons. The molecule has 1 aliphatic heterocycles. The highest BCUT2D eigenvalue weighted by molar-refractivity contribution is 6.30. The molecule has 3 aromatic rings. The first kappa shape index (κ1) is 17.2. The number of carbonyl (C=O) groups excluding carboxylic acids is 2. The zero-order chi connectivity index (χ0) is 19.0. The van der Waals surface area contributed by atoms with Gasteiger partial charge in [-0.15, -0.1) is 5.10 Å². The molecule has 2 heterocycles. The number of nitrogens with zero attached hydrogens (tertiary/aromatic N) is 5. The Morgan fingerprint density at radius 2 is 1.96 bits per heavy atom. The molecule has 1 aromatic heterocycles. The summed E-state index contributed by atoms with van der Waals surface area (Å²) in [6.45, 7) is 1.83. The molecule has 4 rings (SSSR count). The lowest BCUT2D eigenvalue weighted by molar-refractivity contribution is -0.131. The van der Waals surface area contributed by atoms with Gasteiger partial charge < -0.3 is 5.32 Å². The maximum atomic E-state index is 13.1. The van der Waals surface area contributed by atoms with Crippen molar-refractivity contribution in [1.82, 2.24) is 30.4 Å². The third-order valence-electron chi connectivity index (χ3n) is 4.54. The average Bonchev–Trinajstić information content (AvgIpc) is 3.26. The largest absolute Gasteiger partial charge is 0.325 e. The number of halogens is 1. The zero-order valence-electron chi connectivity index (χ0n) is 14.3. The molecule has 1 N–H and O–H groups in total. The highest BCUT2D eigenvalue weighted by Crippen LogP contribution is 2.31. The van der Waals surface area contributed by atoms with Crippen molar-refractivity contribution in [2.45, 2.75) is 19.0 Å². The van der Waals surface area contributed by atoms with Gasteiger partial charge in [-0.3, -0.25) is 9.69 Å². The van der Waals surface area contributed by atoms with Gasteiger partial charge in [0.2, 0.25) is 0 Å². The summed E-state index contributed by atoms with van der Waals surface area (Å²) in [6.07, 6.45) is 1.46. The van der Waals surface area contributed by atoms with E-state index in [0.29, 0.717) is 16.3 Å². The van der Waals surface area contributed by atoms with Gasteiger partial charge >= 0.3 is 6.03 Å². The minimum absolute atomic E-state index is 0.146. The standard InChI is InChI=1S/C18H15ClN6O2/c1-18(13-5-3-7-15(9-13)25-11-20-22-23-25)16(26)24(17(27)21-18)10-12-4-2-6-14(19)8-12/h2-9,11H,10H2,1H3,(H,21,27)/t18-/m1/s1. The van der Waals surface area contributed by atoms with Gasteiger partial charge in [-0.05, 0) is 52.7 Å². The molecule has 0 radical (unpaired) electrons. The van der Waals surface area contributed by atoms with Gasteiger partial charge in [0.15, 0.2) is 0 Å². The minimum Gasteiger partial charge on any atom is -0.319 e. The van der Waals surface area contributed by atoms with Crippen LogP contribution in [0.4, 0.5) is 4.79 Å². The van der Waals surface area contributed by atoms with E-state index < -0.39 is 11.6 Å². The number of carbonyl (C=O) groups is 2. The van der Waals surface area contributed by atoms with Gasteiger partial charge in [0, 0.05) is 5.02 Å². The maximum absolute atomic E-state index is 13.1. The summed E-state index contributed by atoms with van der Waals surface area (Å²) in [6, 6.07) is 13.8. The second-order valence-corrected chi connectivity index (χ2v) is 6.82.